The van der Waals surface area contributed by atoms with E-state index in [0.29, 0.717) is 0 Å². The molecule has 3 aromatic carbocycles. The van der Waals surface area contributed by atoms with E-state index in [2.05, 4.69) is 109 Å². The van der Waals surface area contributed by atoms with Crippen molar-refractivity contribution in [1.29, 1.82) is 0 Å². The van der Waals surface area contributed by atoms with Crippen molar-refractivity contribution in [3.8, 4) is 11.3 Å². The van der Waals surface area contributed by atoms with Crippen molar-refractivity contribution in [1.82, 2.24) is 9.38 Å². The second-order valence-electron chi connectivity index (χ2n) is 11.0. The largest absolute Gasteiger partial charge is 0.291 e. The average Bonchev–Trinajstić information content (AvgIpc) is 3.14. The van der Waals surface area contributed by atoms with Crippen LogP contribution in [0.5, 0.6) is 0 Å². The van der Waals surface area contributed by atoms with Gasteiger partial charge in [-0.05, 0) is 94.0 Å². The highest BCUT2D eigenvalue weighted by molar-refractivity contribution is 6.14. The lowest BCUT2D eigenvalue weighted by molar-refractivity contribution is 0.442. The van der Waals surface area contributed by atoms with E-state index in [9.17, 15) is 0 Å². The molecule has 0 radical (unpaired) electrons. The van der Waals surface area contributed by atoms with Gasteiger partial charge < -0.3 is 0 Å². The lowest BCUT2D eigenvalue weighted by atomic mass is 9.75. The fourth-order valence-electron chi connectivity index (χ4n) is 6.19. The Balaban J connectivity index is 2.10. The van der Waals surface area contributed by atoms with E-state index >= 15 is 0 Å². The van der Waals surface area contributed by atoms with Crippen LogP contribution in [0.15, 0.2) is 42.5 Å². The first-order valence-electron chi connectivity index (χ1n) is 13.0. The molecular weight excluding hydrogens is 424 g/mol. The molecule has 0 unspecified atom stereocenters. The molecule has 0 bridgehead atoms. The Kier molecular flexibility index (Phi) is 5.55. The molecular formula is C33H38N2. The molecule has 0 N–H and O–H groups in total. The van der Waals surface area contributed by atoms with Gasteiger partial charge in [-0.2, -0.15) is 0 Å². The maximum absolute atomic E-state index is 5.33. The number of aryl methyl sites for hydroxylation is 6. The Morgan fingerprint density at radius 3 is 1.97 bits per heavy atom. The van der Waals surface area contributed by atoms with Crippen LogP contribution in [0, 0.1) is 41.5 Å². The Hall–Kier alpha value is -3.13. The van der Waals surface area contributed by atoms with Crippen LogP contribution in [-0.2, 0) is 5.41 Å². The van der Waals surface area contributed by atoms with Gasteiger partial charge in [-0.1, -0.05) is 67.8 Å². The van der Waals surface area contributed by atoms with E-state index in [1.807, 2.05) is 0 Å². The first-order chi connectivity index (χ1) is 16.6. The van der Waals surface area contributed by atoms with Crippen molar-refractivity contribution in [2.24, 2.45) is 0 Å². The van der Waals surface area contributed by atoms with E-state index in [1.165, 1.54) is 66.3 Å². The maximum atomic E-state index is 5.33. The quantitative estimate of drug-likeness (QED) is 0.243. The van der Waals surface area contributed by atoms with Gasteiger partial charge in [-0.3, -0.25) is 4.40 Å². The summed E-state index contributed by atoms with van der Waals surface area (Å²) in [5, 5.41) is 3.96. The molecule has 0 aliphatic heterocycles. The fourth-order valence-corrected chi connectivity index (χ4v) is 6.19. The molecule has 0 fully saturated rings. The summed E-state index contributed by atoms with van der Waals surface area (Å²) < 4.78 is 2.46. The van der Waals surface area contributed by atoms with Gasteiger partial charge in [0.25, 0.3) is 0 Å². The Bertz CT molecular complexity index is 1600. The predicted molar refractivity (Wildman–Crippen MR) is 152 cm³/mol. The van der Waals surface area contributed by atoms with Crippen LogP contribution in [0.2, 0.25) is 0 Å². The minimum absolute atomic E-state index is 0.0952. The zero-order chi connectivity index (χ0) is 25.2. The van der Waals surface area contributed by atoms with E-state index in [0.717, 1.165) is 24.2 Å². The number of fused-ring (bicyclic) bond motifs is 6. The second kappa shape index (κ2) is 8.22. The summed E-state index contributed by atoms with van der Waals surface area (Å²) in [6.07, 6.45) is 2.20. The van der Waals surface area contributed by atoms with Gasteiger partial charge >= 0.3 is 0 Å². The summed E-state index contributed by atoms with van der Waals surface area (Å²) in [4.78, 5) is 5.33. The summed E-state index contributed by atoms with van der Waals surface area (Å²) in [6.45, 7) is 20.3. The summed E-state index contributed by atoms with van der Waals surface area (Å²) in [5.41, 5.74) is 14.0. The lowest BCUT2D eigenvalue weighted by Gasteiger charge is -2.30. The predicted octanol–water partition coefficient (Wildman–Crippen LogP) is 9.24. The maximum Gasteiger partial charge on any atom is 0.146 e. The van der Waals surface area contributed by atoms with Crippen molar-refractivity contribution < 1.29 is 0 Å². The second-order valence-corrected chi connectivity index (χ2v) is 11.0. The number of benzene rings is 3. The van der Waals surface area contributed by atoms with Gasteiger partial charge in [0.05, 0.1) is 16.9 Å². The molecule has 180 valence electrons. The molecule has 5 aromatic rings. The Labute approximate surface area is 210 Å². The Morgan fingerprint density at radius 1 is 0.743 bits per heavy atom. The van der Waals surface area contributed by atoms with E-state index < -0.39 is 0 Å². The first kappa shape index (κ1) is 23.6. The van der Waals surface area contributed by atoms with Gasteiger partial charge in [0.2, 0.25) is 0 Å². The van der Waals surface area contributed by atoms with E-state index in [4.69, 9.17) is 4.98 Å². The number of imidazole rings is 1. The molecule has 0 aliphatic rings. The smallest absolute Gasteiger partial charge is 0.146 e. The molecule has 35 heavy (non-hydrogen) atoms. The highest BCUT2D eigenvalue weighted by Crippen LogP contribution is 2.43. The molecule has 0 amide bonds. The van der Waals surface area contributed by atoms with Crippen LogP contribution in [0.1, 0.15) is 72.7 Å². The molecule has 0 saturated heterocycles. The molecule has 2 nitrogen and oxygen atoms in total. The van der Waals surface area contributed by atoms with Crippen LogP contribution < -0.4 is 0 Å². The highest BCUT2D eigenvalue weighted by Gasteiger charge is 2.29. The summed E-state index contributed by atoms with van der Waals surface area (Å²) in [5.74, 6) is 0. The number of nitrogens with zero attached hydrogens (tertiary/aromatic N) is 2. The minimum Gasteiger partial charge on any atom is -0.291 e. The summed E-state index contributed by atoms with van der Waals surface area (Å²) >= 11 is 0. The third-order valence-corrected chi connectivity index (χ3v) is 8.37. The van der Waals surface area contributed by atoms with Crippen LogP contribution in [-0.4, -0.2) is 9.38 Å². The number of hydrogen-bond donors (Lipinski definition) is 0. The topological polar surface area (TPSA) is 17.3 Å². The first-order valence-corrected chi connectivity index (χ1v) is 13.0. The standard InChI is InChI=1S/C33H38N2/c1-10-33(9,11-2)27-18-21(5)17-26-25-16-19(3)12-13-28(25)35-31(24(8)34-32(35)30(26)27)29-22(6)14-20(4)15-23(29)7/h12-18H,10-11H2,1-9H3. The molecule has 5 rings (SSSR count). The van der Waals surface area contributed by atoms with Crippen molar-refractivity contribution in [3.05, 3.63) is 81.5 Å². The number of rotatable bonds is 4. The Morgan fingerprint density at radius 2 is 1.34 bits per heavy atom. The van der Waals surface area contributed by atoms with Crippen LogP contribution in [0.4, 0.5) is 0 Å². The molecule has 0 aliphatic carbocycles. The molecule has 2 aromatic heterocycles. The van der Waals surface area contributed by atoms with Gasteiger partial charge in [-0.15, -0.1) is 0 Å². The van der Waals surface area contributed by atoms with Crippen LogP contribution in [0.25, 0.3) is 38.6 Å². The van der Waals surface area contributed by atoms with Crippen molar-refractivity contribution in [2.45, 2.75) is 80.6 Å². The van der Waals surface area contributed by atoms with Crippen molar-refractivity contribution in [3.63, 3.8) is 0 Å². The average molecular weight is 463 g/mol. The van der Waals surface area contributed by atoms with Crippen LogP contribution in [0.3, 0.4) is 0 Å². The normalized spacial score (nSPS) is 12.4. The van der Waals surface area contributed by atoms with Gasteiger partial charge in [0.1, 0.15) is 5.65 Å². The molecule has 0 atom stereocenters. The molecule has 2 heterocycles. The molecule has 0 saturated carbocycles. The zero-order valence-electron chi connectivity index (χ0n) is 22.9. The fraction of sp³-hybridized carbons (Fsp3) is 0.364. The van der Waals surface area contributed by atoms with E-state index in [1.54, 1.807) is 0 Å². The number of pyridine rings is 1. The third-order valence-electron chi connectivity index (χ3n) is 8.37. The van der Waals surface area contributed by atoms with E-state index in [-0.39, 0.29) is 5.41 Å². The molecule has 2 heteroatoms. The number of aromatic nitrogens is 2. The minimum atomic E-state index is 0.0952. The highest BCUT2D eigenvalue weighted by atomic mass is 15.0. The summed E-state index contributed by atoms with van der Waals surface area (Å²) in [7, 11) is 0. The van der Waals surface area contributed by atoms with Gasteiger partial charge in [0, 0.05) is 16.3 Å². The third kappa shape index (κ3) is 3.49. The SMILES string of the molecule is CCC(C)(CC)c1cc(C)cc2c3cc(C)ccc3n3c(-c4c(C)cc(C)cc4C)c(C)nc3c12. The molecule has 0 spiro atoms. The van der Waals surface area contributed by atoms with Crippen LogP contribution >= 0.6 is 0 Å². The van der Waals surface area contributed by atoms with Crippen molar-refractivity contribution in [2.75, 3.05) is 0 Å². The monoisotopic (exact) mass is 462 g/mol. The van der Waals surface area contributed by atoms with Gasteiger partial charge in [-0.25, -0.2) is 4.98 Å². The zero-order valence-corrected chi connectivity index (χ0v) is 22.9. The van der Waals surface area contributed by atoms with Gasteiger partial charge in [0.15, 0.2) is 0 Å². The number of hydrogen-bond acceptors (Lipinski definition) is 1. The van der Waals surface area contributed by atoms with Crippen molar-refractivity contribution >= 4 is 27.3 Å². The lowest BCUT2D eigenvalue weighted by Crippen LogP contribution is -2.20. The summed E-state index contributed by atoms with van der Waals surface area (Å²) in [6, 6.07) is 16.3.